The smallest absolute Gasteiger partial charge is 0.306 e. The minimum atomic E-state index is -0.748. The Kier molecular flexibility index (Phi) is 6.20. The van der Waals surface area contributed by atoms with Gasteiger partial charge in [0.25, 0.3) is 0 Å². The summed E-state index contributed by atoms with van der Waals surface area (Å²) in [6.07, 6.45) is 3.52. The number of Topliss-reactive ketones (excluding diaryl/α,β-unsaturated/α-hetero) is 1. The zero-order valence-electron chi connectivity index (χ0n) is 8.38. The van der Waals surface area contributed by atoms with E-state index in [2.05, 4.69) is 0 Å². The molecule has 0 aliphatic carbocycles. The van der Waals surface area contributed by atoms with E-state index in [9.17, 15) is 9.59 Å². The fourth-order valence-corrected chi connectivity index (χ4v) is 1.07. The molecule has 3 nitrogen and oxygen atoms in total. The van der Waals surface area contributed by atoms with Gasteiger partial charge in [-0.2, -0.15) is 0 Å². The van der Waals surface area contributed by atoms with Crippen LogP contribution < -0.4 is 0 Å². The molecule has 0 rings (SSSR count). The van der Waals surface area contributed by atoms with Crippen molar-refractivity contribution in [1.82, 2.24) is 0 Å². The number of carbonyl (C=O) groups is 2. The molecular formula is C10H18O3. The molecule has 0 amide bonds. The zero-order chi connectivity index (χ0) is 10.3. The largest absolute Gasteiger partial charge is 0.481 e. The van der Waals surface area contributed by atoms with Crippen LogP contribution in [0.5, 0.6) is 0 Å². The number of carbonyl (C=O) groups excluding carboxylic acids is 1. The van der Waals surface area contributed by atoms with Crippen LogP contribution in [0.4, 0.5) is 0 Å². The fourth-order valence-electron chi connectivity index (χ4n) is 1.07. The number of ketones is 1. The van der Waals surface area contributed by atoms with Crippen molar-refractivity contribution in [2.45, 2.75) is 46.0 Å². The van der Waals surface area contributed by atoms with Crippen LogP contribution in [0.1, 0.15) is 46.0 Å². The van der Waals surface area contributed by atoms with E-state index < -0.39 is 5.97 Å². The molecule has 76 valence electrons. The summed E-state index contributed by atoms with van der Waals surface area (Å²) in [4.78, 5) is 21.3. The van der Waals surface area contributed by atoms with Crippen molar-refractivity contribution in [2.75, 3.05) is 0 Å². The van der Waals surface area contributed by atoms with Gasteiger partial charge in [-0.15, -0.1) is 0 Å². The van der Waals surface area contributed by atoms with Crippen molar-refractivity contribution < 1.29 is 14.7 Å². The molecule has 0 radical (unpaired) electrons. The second-order valence-corrected chi connectivity index (χ2v) is 3.38. The highest BCUT2D eigenvalue weighted by molar-refractivity contribution is 5.77. The van der Waals surface area contributed by atoms with E-state index in [0.29, 0.717) is 19.3 Å². The first kappa shape index (κ1) is 12.1. The molecule has 1 atom stereocenters. The van der Waals surface area contributed by atoms with E-state index in [1.165, 1.54) is 0 Å². The molecule has 1 N–H and O–H groups in total. The van der Waals surface area contributed by atoms with Gasteiger partial charge in [-0.1, -0.05) is 20.3 Å². The fraction of sp³-hybridized carbons (Fsp3) is 0.800. The van der Waals surface area contributed by atoms with Gasteiger partial charge in [0, 0.05) is 12.8 Å². The van der Waals surface area contributed by atoms with Gasteiger partial charge < -0.3 is 5.11 Å². The lowest BCUT2D eigenvalue weighted by Gasteiger charge is -2.04. The molecule has 0 saturated carbocycles. The van der Waals surface area contributed by atoms with Crippen LogP contribution in [0.3, 0.4) is 0 Å². The van der Waals surface area contributed by atoms with Crippen molar-refractivity contribution in [3.63, 3.8) is 0 Å². The molecule has 13 heavy (non-hydrogen) atoms. The molecule has 1 unspecified atom stereocenters. The van der Waals surface area contributed by atoms with Crippen molar-refractivity contribution in [3.05, 3.63) is 0 Å². The van der Waals surface area contributed by atoms with E-state index in [-0.39, 0.29) is 11.7 Å². The van der Waals surface area contributed by atoms with Gasteiger partial charge in [-0.05, 0) is 12.8 Å². The first-order valence-electron chi connectivity index (χ1n) is 4.82. The summed E-state index contributed by atoms with van der Waals surface area (Å²) in [5.41, 5.74) is 0. The Morgan fingerprint density at radius 3 is 2.38 bits per heavy atom. The second kappa shape index (κ2) is 6.63. The lowest BCUT2D eigenvalue weighted by atomic mass is 10.0. The number of unbranched alkanes of at least 4 members (excludes halogenated alkanes) is 1. The van der Waals surface area contributed by atoms with Crippen LogP contribution >= 0.6 is 0 Å². The van der Waals surface area contributed by atoms with Crippen LogP contribution in [0.15, 0.2) is 0 Å². The predicted molar refractivity (Wildman–Crippen MR) is 50.6 cm³/mol. The van der Waals surface area contributed by atoms with Crippen molar-refractivity contribution >= 4 is 11.8 Å². The summed E-state index contributed by atoms with van der Waals surface area (Å²) >= 11 is 0. The number of carboxylic acid groups (broad SMARTS) is 1. The maximum atomic E-state index is 10.9. The third kappa shape index (κ3) is 6.31. The van der Waals surface area contributed by atoms with Gasteiger partial charge in [0.2, 0.25) is 0 Å². The Morgan fingerprint density at radius 2 is 1.92 bits per heavy atom. The lowest BCUT2D eigenvalue weighted by Crippen LogP contribution is -2.09. The molecule has 0 aromatic rings. The number of aliphatic carboxylic acids is 1. The summed E-state index contributed by atoms with van der Waals surface area (Å²) in [5, 5.41) is 8.57. The highest BCUT2D eigenvalue weighted by Crippen LogP contribution is 2.09. The van der Waals surface area contributed by atoms with E-state index in [0.717, 1.165) is 12.8 Å². The Bertz CT molecular complexity index is 175. The van der Waals surface area contributed by atoms with Crippen molar-refractivity contribution in [2.24, 2.45) is 5.92 Å². The van der Waals surface area contributed by atoms with Crippen LogP contribution in [-0.4, -0.2) is 16.9 Å². The summed E-state index contributed by atoms with van der Waals surface area (Å²) in [5.74, 6) is -0.762. The average molecular weight is 186 g/mol. The number of hydrogen-bond donors (Lipinski definition) is 1. The Hall–Kier alpha value is -0.860. The first-order valence-corrected chi connectivity index (χ1v) is 4.82. The van der Waals surface area contributed by atoms with E-state index in [1.807, 2.05) is 6.92 Å². The Labute approximate surface area is 79.1 Å². The van der Waals surface area contributed by atoms with Crippen LogP contribution in [-0.2, 0) is 9.59 Å². The lowest BCUT2D eigenvalue weighted by molar-refractivity contribution is -0.141. The standard InChI is InChI=1S/C10H18O3/c1-3-9(11)7-5-4-6-8(2)10(12)13/h8H,3-7H2,1-2H3,(H,12,13). The molecule has 0 heterocycles. The van der Waals surface area contributed by atoms with Gasteiger partial charge in [-0.25, -0.2) is 0 Å². The monoisotopic (exact) mass is 186 g/mol. The second-order valence-electron chi connectivity index (χ2n) is 3.38. The summed E-state index contributed by atoms with van der Waals surface area (Å²) in [6.45, 7) is 3.55. The van der Waals surface area contributed by atoms with Gasteiger partial charge in [-0.3, -0.25) is 9.59 Å². The quantitative estimate of drug-likeness (QED) is 0.620. The molecule has 0 aromatic heterocycles. The first-order chi connectivity index (χ1) is 6.07. The minimum absolute atomic E-state index is 0.267. The highest BCUT2D eigenvalue weighted by atomic mass is 16.4. The summed E-state index contributed by atoms with van der Waals surface area (Å²) in [7, 11) is 0. The van der Waals surface area contributed by atoms with E-state index in [1.54, 1.807) is 6.92 Å². The molecule has 0 spiro atoms. The maximum Gasteiger partial charge on any atom is 0.306 e. The maximum absolute atomic E-state index is 10.9. The Morgan fingerprint density at radius 1 is 1.31 bits per heavy atom. The normalized spacial score (nSPS) is 12.5. The number of hydrogen-bond acceptors (Lipinski definition) is 2. The molecule has 0 aliphatic heterocycles. The molecule has 0 aliphatic rings. The van der Waals surface area contributed by atoms with Gasteiger partial charge in [0.15, 0.2) is 0 Å². The summed E-state index contributed by atoms with van der Waals surface area (Å²) < 4.78 is 0. The molecule has 0 bridgehead atoms. The molecule has 0 saturated heterocycles. The number of rotatable bonds is 7. The molecular weight excluding hydrogens is 168 g/mol. The van der Waals surface area contributed by atoms with Crippen LogP contribution in [0, 0.1) is 5.92 Å². The molecule has 0 aromatic carbocycles. The van der Waals surface area contributed by atoms with E-state index in [4.69, 9.17) is 5.11 Å². The predicted octanol–water partition coefficient (Wildman–Crippen LogP) is 2.25. The zero-order valence-corrected chi connectivity index (χ0v) is 8.38. The van der Waals surface area contributed by atoms with Gasteiger partial charge in [0.1, 0.15) is 5.78 Å². The third-order valence-electron chi connectivity index (χ3n) is 2.16. The number of carboxylic acids is 1. The SMILES string of the molecule is CCC(=O)CCCCC(C)C(=O)O. The topological polar surface area (TPSA) is 54.4 Å². The average Bonchev–Trinajstić information content (AvgIpc) is 2.11. The third-order valence-corrected chi connectivity index (χ3v) is 2.16. The molecule has 0 fully saturated rings. The Balaban J connectivity index is 3.35. The van der Waals surface area contributed by atoms with Crippen LogP contribution in [0.2, 0.25) is 0 Å². The van der Waals surface area contributed by atoms with Gasteiger partial charge >= 0.3 is 5.97 Å². The van der Waals surface area contributed by atoms with E-state index >= 15 is 0 Å². The van der Waals surface area contributed by atoms with Crippen molar-refractivity contribution in [1.29, 1.82) is 0 Å². The van der Waals surface area contributed by atoms with Gasteiger partial charge in [0.05, 0.1) is 5.92 Å². The highest BCUT2D eigenvalue weighted by Gasteiger charge is 2.09. The van der Waals surface area contributed by atoms with Crippen molar-refractivity contribution in [3.8, 4) is 0 Å². The minimum Gasteiger partial charge on any atom is -0.481 e. The van der Waals surface area contributed by atoms with Crippen LogP contribution in [0.25, 0.3) is 0 Å². The molecule has 3 heteroatoms. The summed E-state index contributed by atoms with van der Waals surface area (Å²) in [6, 6.07) is 0.